The van der Waals surface area contributed by atoms with Crippen LogP contribution in [-0.4, -0.2) is 29.7 Å². The van der Waals surface area contributed by atoms with Crippen LogP contribution in [0.25, 0.3) is 0 Å². The minimum Gasteiger partial charge on any atom is -0.335 e. The quantitative estimate of drug-likeness (QED) is 0.797. The molecule has 1 aliphatic heterocycles. The number of likely N-dealkylation sites (tertiary alicyclic amines) is 1. The van der Waals surface area contributed by atoms with E-state index in [2.05, 4.69) is 6.92 Å². The summed E-state index contributed by atoms with van der Waals surface area (Å²) in [7, 11) is 0. The summed E-state index contributed by atoms with van der Waals surface area (Å²) >= 11 is 1.64. The van der Waals surface area contributed by atoms with E-state index in [1.54, 1.807) is 16.2 Å². The summed E-state index contributed by atoms with van der Waals surface area (Å²) in [5.74, 6) is 0.779. The van der Waals surface area contributed by atoms with Gasteiger partial charge in [0.1, 0.15) is 0 Å². The highest BCUT2D eigenvalue weighted by Crippen LogP contribution is 2.22. The number of hydrogen-bond acceptors (Lipinski definition) is 3. The first-order chi connectivity index (χ1) is 8.97. The molecule has 0 aliphatic carbocycles. The normalized spacial score (nSPS) is 20.5. The average molecular weight is 279 g/mol. The third kappa shape index (κ3) is 3.44. The van der Waals surface area contributed by atoms with Crippen molar-refractivity contribution in [2.45, 2.75) is 40.0 Å². The summed E-state index contributed by atoms with van der Waals surface area (Å²) in [6, 6.07) is 1.94. The Morgan fingerprint density at radius 3 is 2.79 bits per heavy atom. The molecule has 0 aromatic carbocycles. The van der Waals surface area contributed by atoms with Crippen LogP contribution in [0.2, 0.25) is 0 Å². The van der Waals surface area contributed by atoms with Gasteiger partial charge in [-0.2, -0.15) is 0 Å². The predicted octanol–water partition coefficient (Wildman–Crippen LogP) is 3.20. The van der Waals surface area contributed by atoms with E-state index in [0.29, 0.717) is 18.9 Å². The maximum atomic E-state index is 12.3. The van der Waals surface area contributed by atoms with Crippen LogP contribution in [0.1, 0.15) is 46.3 Å². The summed E-state index contributed by atoms with van der Waals surface area (Å²) < 4.78 is 0. The van der Waals surface area contributed by atoms with Gasteiger partial charge in [-0.1, -0.05) is 6.92 Å². The zero-order valence-corrected chi connectivity index (χ0v) is 12.7. The maximum absolute atomic E-state index is 12.3. The number of thiophene rings is 1. The average Bonchev–Trinajstić information content (AvgIpc) is 2.61. The van der Waals surface area contributed by atoms with Crippen LogP contribution in [0, 0.1) is 19.8 Å². The largest absolute Gasteiger partial charge is 0.335 e. The Labute approximate surface area is 118 Å². The summed E-state index contributed by atoms with van der Waals surface area (Å²) in [6.45, 7) is 7.10. The molecule has 1 unspecified atom stereocenters. The topological polar surface area (TPSA) is 37.4 Å². The first kappa shape index (κ1) is 14.3. The van der Waals surface area contributed by atoms with Crippen LogP contribution in [0.15, 0.2) is 6.07 Å². The fraction of sp³-hybridized carbons (Fsp3) is 0.600. The van der Waals surface area contributed by atoms with Crippen LogP contribution >= 0.6 is 11.3 Å². The SMILES string of the molecule is Cc1cc(C(=O)CN2CCC(C)CCC2=O)c(C)s1. The van der Waals surface area contributed by atoms with Gasteiger partial charge in [0.05, 0.1) is 6.54 Å². The molecule has 0 bridgehead atoms. The number of carbonyl (C=O) groups excluding carboxylic acids is 2. The van der Waals surface area contributed by atoms with Crippen molar-refractivity contribution < 1.29 is 9.59 Å². The molecule has 104 valence electrons. The smallest absolute Gasteiger partial charge is 0.222 e. The number of ketones is 1. The molecule has 0 N–H and O–H groups in total. The fourth-order valence-electron chi connectivity index (χ4n) is 2.51. The Bertz CT molecular complexity index is 492. The second-order valence-electron chi connectivity index (χ2n) is 5.50. The van der Waals surface area contributed by atoms with Crippen molar-refractivity contribution in [3.05, 3.63) is 21.4 Å². The van der Waals surface area contributed by atoms with Crippen molar-refractivity contribution >= 4 is 23.0 Å². The van der Waals surface area contributed by atoms with E-state index in [9.17, 15) is 9.59 Å². The molecule has 1 saturated heterocycles. The van der Waals surface area contributed by atoms with Gasteiger partial charge in [-0.15, -0.1) is 11.3 Å². The Morgan fingerprint density at radius 1 is 1.42 bits per heavy atom. The highest BCUT2D eigenvalue weighted by Gasteiger charge is 2.23. The monoisotopic (exact) mass is 279 g/mol. The van der Waals surface area contributed by atoms with Crippen LogP contribution in [0.4, 0.5) is 0 Å². The van der Waals surface area contributed by atoms with Crippen molar-refractivity contribution in [2.75, 3.05) is 13.1 Å². The van der Waals surface area contributed by atoms with Crippen molar-refractivity contribution in [1.82, 2.24) is 4.90 Å². The lowest BCUT2D eigenvalue weighted by Crippen LogP contribution is -2.35. The summed E-state index contributed by atoms with van der Waals surface area (Å²) in [5.41, 5.74) is 0.785. The Kier molecular flexibility index (Phi) is 4.40. The molecule has 1 fully saturated rings. The third-order valence-electron chi connectivity index (χ3n) is 3.77. The van der Waals surface area contributed by atoms with Crippen molar-refractivity contribution in [1.29, 1.82) is 0 Å². The standard InChI is InChI=1S/C15H21NO2S/c1-10-4-5-15(18)16(7-6-10)9-14(17)13-8-11(2)19-12(13)3/h8,10H,4-7,9H2,1-3H3. The number of Topliss-reactive ketones (excluding diaryl/α,β-unsaturated/α-hetero) is 1. The number of rotatable bonds is 3. The lowest BCUT2D eigenvalue weighted by atomic mass is 10.0. The minimum absolute atomic E-state index is 0.0738. The van der Waals surface area contributed by atoms with Gasteiger partial charge in [0.25, 0.3) is 0 Å². The molecule has 0 spiro atoms. The minimum atomic E-state index is 0.0738. The van der Waals surface area contributed by atoms with Crippen molar-refractivity contribution in [2.24, 2.45) is 5.92 Å². The fourth-order valence-corrected chi connectivity index (χ4v) is 3.45. The summed E-state index contributed by atoms with van der Waals surface area (Å²) in [6.07, 6.45) is 2.52. The number of amides is 1. The summed E-state index contributed by atoms with van der Waals surface area (Å²) in [4.78, 5) is 28.2. The second kappa shape index (κ2) is 5.87. The number of hydrogen-bond donors (Lipinski definition) is 0. The van der Waals surface area contributed by atoms with Crippen LogP contribution in [0.5, 0.6) is 0 Å². The van der Waals surface area contributed by atoms with Gasteiger partial charge in [0, 0.05) is 28.3 Å². The molecule has 2 rings (SSSR count). The highest BCUT2D eigenvalue weighted by atomic mass is 32.1. The molecule has 1 atom stereocenters. The molecule has 0 radical (unpaired) electrons. The Hall–Kier alpha value is -1.16. The first-order valence-corrected chi connectivity index (χ1v) is 7.67. The molecule has 3 nitrogen and oxygen atoms in total. The second-order valence-corrected chi connectivity index (χ2v) is 6.96. The predicted molar refractivity (Wildman–Crippen MR) is 77.7 cm³/mol. The third-order valence-corrected chi connectivity index (χ3v) is 4.74. The van der Waals surface area contributed by atoms with E-state index >= 15 is 0 Å². The molecule has 1 aromatic heterocycles. The van der Waals surface area contributed by atoms with Gasteiger partial charge in [0.15, 0.2) is 5.78 Å². The van der Waals surface area contributed by atoms with E-state index in [1.807, 2.05) is 19.9 Å². The highest BCUT2D eigenvalue weighted by molar-refractivity contribution is 7.12. The molecule has 19 heavy (non-hydrogen) atoms. The lowest BCUT2D eigenvalue weighted by Gasteiger charge is -2.19. The number of carbonyl (C=O) groups is 2. The molecule has 2 heterocycles. The van der Waals surface area contributed by atoms with E-state index in [1.165, 1.54) is 0 Å². The van der Waals surface area contributed by atoms with Gasteiger partial charge in [0.2, 0.25) is 5.91 Å². The first-order valence-electron chi connectivity index (χ1n) is 6.85. The summed E-state index contributed by atoms with van der Waals surface area (Å²) in [5, 5.41) is 0. The van der Waals surface area contributed by atoms with E-state index < -0.39 is 0 Å². The Balaban J connectivity index is 2.05. The van der Waals surface area contributed by atoms with Gasteiger partial charge in [-0.25, -0.2) is 0 Å². The van der Waals surface area contributed by atoms with Gasteiger partial charge in [-0.3, -0.25) is 9.59 Å². The van der Waals surface area contributed by atoms with Crippen LogP contribution in [-0.2, 0) is 4.79 Å². The molecule has 1 amide bonds. The van der Waals surface area contributed by atoms with Gasteiger partial charge >= 0.3 is 0 Å². The van der Waals surface area contributed by atoms with E-state index in [0.717, 1.165) is 28.2 Å². The zero-order valence-electron chi connectivity index (χ0n) is 11.9. The van der Waals surface area contributed by atoms with E-state index in [-0.39, 0.29) is 18.2 Å². The van der Waals surface area contributed by atoms with Gasteiger partial charge < -0.3 is 4.90 Å². The van der Waals surface area contributed by atoms with Crippen LogP contribution in [0.3, 0.4) is 0 Å². The van der Waals surface area contributed by atoms with Gasteiger partial charge in [-0.05, 0) is 38.7 Å². The van der Waals surface area contributed by atoms with Crippen molar-refractivity contribution in [3.63, 3.8) is 0 Å². The zero-order chi connectivity index (χ0) is 14.0. The number of aryl methyl sites for hydroxylation is 2. The van der Waals surface area contributed by atoms with E-state index in [4.69, 9.17) is 0 Å². The van der Waals surface area contributed by atoms with Crippen molar-refractivity contribution in [3.8, 4) is 0 Å². The lowest BCUT2D eigenvalue weighted by molar-refractivity contribution is -0.130. The molecule has 1 aliphatic rings. The molecule has 4 heteroatoms. The molecule has 1 aromatic rings. The molecular formula is C15H21NO2S. The number of nitrogens with zero attached hydrogens (tertiary/aromatic N) is 1. The molecular weight excluding hydrogens is 258 g/mol. The maximum Gasteiger partial charge on any atom is 0.222 e. The Morgan fingerprint density at radius 2 is 2.16 bits per heavy atom. The molecule has 0 saturated carbocycles. The van der Waals surface area contributed by atoms with Crippen LogP contribution < -0.4 is 0 Å².